The van der Waals surface area contributed by atoms with Crippen LogP contribution in [-0.2, 0) is 38.4 Å². The Morgan fingerprint density at radius 3 is 2.53 bits per heavy atom. The summed E-state index contributed by atoms with van der Waals surface area (Å²) in [5.41, 5.74) is -1.82. The molecule has 0 aromatic rings. The normalized spacial score (nSPS) is 40.5. The van der Waals surface area contributed by atoms with Crippen LogP contribution >= 0.6 is 0 Å². The van der Waals surface area contributed by atoms with E-state index in [0.29, 0.717) is 12.3 Å². The van der Waals surface area contributed by atoms with Crippen LogP contribution in [0.4, 0.5) is 0 Å². The molecule has 3 N–H and O–H groups in total. The lowest BCUT2D eigenvalue weighted by Crippen LogP contribution is -2.70. The Kier molecular flexibility index (Phi) is 7.44. The molecule has 0 aromatic carbocycles. The number of carbonyl (C=O) groups excluding carboxylic acids is 2. The summed E-state index contributed by atoms with van der Waals surface area (Å²) < 4.78 is 18.1. The van der Waals surface area contributed by atoms with Crippen molar-refractivity contribution in [3.63, 3.8) is 0 Å². The molecule has 0 radical (unpaired) electrons. The van der Waals surface area contributed by atoms with Gasteiger partial charge in [-0.3, -0.25) is 9.59 Å². The first kappa shape index (κ1) is 27.3. The maximum absolute atomic E-state index is 12.6. The van der Waals surface area contributed by atoms with Crippen LogP contribution < -0.4 is 5.32 Å². The average Bonchev–Trinajstić information content (AvgIpc) is 3.05. The van der Waals surface area contributed by atoms with E-state index in [9.17, 15) is 19.5 Å². The van der Waals surface area contributed by atoms with E-state index in [2.05, 4.69) is 12.2 Å². The van der Waals surface area contributed by atoms with Gasteiger partial charge in [0.05, 0.1) is 6.42 Å². The van der Waals surface area contributed by atoms with Gasteiger partial charge in [0.25, 0.3) is 0 Å². The Balaban J connectivity index is 1.35. The molecule has 3 unspecified atom stereocenters. The van der Waals surface area contributed by atoms with Gasteiger partial charge in [0.2, 0.25) is 18.0 Å². The van der Waals surface area contributed by atoms with E-state index in [1.165, 1.54) is 13.8 Å². The second-order valence-electron chi connectivity index (χ2n) is 11.8. The molecule has 1 saturated carbocycles. The standard InChI is InChI=1S/C25H39NO10/c1-13-6-7-16-14(2)21(33-22-25(16)15(13)10-11-24(5,34-22)35-36-25)32-18(28)9-8-17(27)26-12-23(3,4)19(29)20(30)31/h13-16,19,21-22,29H,6-12H2,1-5H3,(H,26,27)(H,30,31)/t13-,14-,15+,16+,19?,21-,22-,24?,25?/m1/s1. The average molecular weight is 514 g/mol. The smallest absolute Gasteiger partial charge is 0.333 e. The predicted molar refractivity (Wildman–Crippen MR) is 123 cm³/mol. The van der Waals surface area contributed by atoms with Crippen molar-refractivity contribution in [2.24, 2.45) is 29.1 Å². The molecule has 1 aliphatic carbocycles. The van der Waals surface area contributed by atoms with Crippen LogP contribution in [0.5, 0.6) is 0 Å². The number of hydrogen-bond acceptors (Lipinski definition) is 9. The molecule has 1 amide bonds. The van der Waals surface area contributed by atoms with Crippen molar-refractivity contribution in [1.29, 1.82) is 0 Å². The molecule has 11 heteroatoms. The van der Waals surface area contributed by atoms with E-state index in [0.717, 1.165) is 19.3 Å². The van der Waals surface area contributed by atoms with Crippen molar-refractivity contribution in [3.8, 4) is 0 Å². The van der Waals surface area contributed by atoms with E-state index in [1.807, 2.05) is 13.8 Å². The number of aliphatic hydroxyl groups is 1. The Labute approximate surface area is 211 Å². The van der Waals surface area contributed by atoms with Gasteiger partial charge >= 0.3 is 11.9 Å². The third-order valence-corrected chi connectivity index (χ3v) is 8.62. The second-order valence-corrected chi connectivity index (χ2v) is 11.8. The lowest BCUT2D eigenvalue weighted by atomic mass is 9.58. The molecule has 0 aromatic heterocycles. The number of carbonyl (C=O) groups is 3. The Morgan fingerprint density at radius 2 is 1.83 bits per heavy atom. The van der Waals surface area contributed by atoms with Crippen LogP contribution in [0, 0.1) is 29.1 Å². The number of aliphatic carboxylic acids is 1. The van der Waals surface area contributed by atoms with Crippen LogP contribution in [0.1, 0.15) is 73.1 Å². The number of hydrogen-bond donors (Lipinski definition) is 3. The molecule has 5 fully saturated rings. The minimum Gasteiger partial charge on any atom is -0.479 e. The molecule has 4 saturated heterocycles. The molecule has 11 nitrogen and oxygen atoms in total. The molecule has 36 heavy (non-hydrogen) atoms. The molecule has 9 atom stereocenters. The molecule has 1 spiro atoms. The number of ether oxygens (including phenoxy) is 3. The first-order valence-corrected chi connectivity index (χ1v) is 12.9. The van der Waals surface area contributed by atoms with Gasteiger partial charge in [0.15, 0.2) is 18.0 Å². The minimum absolute atomic E-state index is 0.0177. The molecule has 4 heterocycles. The fourth-order valence-corrected chi connectivity index (χ4v) is 6.26. The quantitative estimate of drug-likeness (QED) is 0.325. The molecule has 204 valence electrons. The van der Waals surface area contributed by atoms with Crippen LogP contribution in [0.25, 0.3) is 0 Å². The summed E-state index contributed by atoms with van der Waals surface area (Å²) >= 11 is 0. The second kappa shape index (κ2) is 9.83. The zero-order valence-electron chi connectivity index (χ0n) is 21.7. The summed E-state index contributed by atoms with van der Waals surface area (Å²) in [4.78, 5) is 47.7. The largest absolute Gasteiger partial charge is 0.479 e. The number of carboxylic acids is 1. The predicted octanol–water partition coefficient (Wildman–Crippen LogP) is 2.11. The van der Waals surface area contributed by atoms with E-state index in [-0.39, 0.29) is 37.1 Å². The van der Waals surface area contributed by atoms with E-state index in [4.69, 9.17) is 29.1 Å². The van der Waals surface area contributed by atoms with Gasteiger partial charge in [0, 0.05) is 36.6 Å². The van der Waals surface area contributed by atoms with Crippen molar-refractivity contribution in [3.05, 3.63) is 0 Å². The zero-order chi connectivity index (χ0) is 26.5. The van der Waals surface area contributed by atoms with Crippen molar-refractivity contribution in [1.82, 2.24) is 5.32 Å². The number of rotatable bonds is 8. The van der Waals surface area contributed by atoms with E-state index >= 15 is 0 Å². The summed E-state index contributed by atoms with van der Waals surface area (Å²) in [5.74, 6) is -2.83. The molecular weight excluding hydrogens is 474 g/mol. The number of fused-ring (bicyclic) bond motifs is 2. The van der Waals surface area contributed by atoms with Gasteiger partial charge in [0.1, 0.15) is 0 Å². The van der Waals surface area contributed by atoms with Crippen LogP contribution in [0.2, 0.25) is 0 Å². The number of carboxylic acid groups (broad SMARTS) is 1. The summed E-state index contributed by atoms with van der Waals surface area (Å²) in [7, 11) is 0. The van der Waals surface area contributed by atoms with E-state index in [1.54, 1.807) is 0 Å². The summed E-state index contributed by atoms with van der Waals surface area (Å²) in [6, 6.07) is 0. The maximum atomic E-state index is 12.6. The SMILES string of the molecule is C[C@H]1[C@H](OC(=O)CCC(=O)NCC(C)(C)C(O)C(=O)O)O[C@@H]2OC3(C)CC[C@H]4[C@H](C)CC[C@@H]1C24OO3. The Bertz CT molecular complexity index is 879. The fraction of sp³-hybridized carbons (Fsp3) is 0.880. The lowest BCUT2D eigenvalue weighted by molar-refractivity contribution is -0.576. The number of amides is 1. The number of nitrogens with one attached hydrogen (secondary N) is 1. The topological polar surface area (TPSA) is 150 Å². The van der Waals surface area contributed by atoms with Crippen LogP contribution in [0.3, 0.4) is 0 Å². The molecule has 5 aliphatic rings. The van der Waals surface area contributed by atoms with Gasteiger partial charge in [-0.1, -0.05) is 27.7 Å². The third-order valence-electron chi connectivity index (χ3n) is 8.62. The highest BCUT2D eigenvalue weighted by molar-refractivity contribution is 5.81. The van der Waals surface area contributed by atoms with Gasteiger partial charge < -0.3 is 29.7 Å². The van der Waals surface area contributed by atoms with Gasteiger partial charge in [-0.2, -0.15) is 0 Å². The van der Waals surface area contributed by atoms with Crippen LogP contribution in [-0.4, -0.2) is 64.7 Å². The highest BCUT2D eigenvalue weighted by atomic mass is 17.3. The van der Waals surface area contributed by atoms with Gasteiger partial charge in [-0.25, -0.2) is 14.6 Å². The van der Waals surface area contributed by atoms with Crippen molar-refractivity contribution in [2.75, 3.05) is 6.54 Å². The van der Waals surface area contributed by atoms with Crippen molar-refractivity contribution < 1.29 is 48.6 Å². The zero-order valence-corrected chi connectivity index (χ0v) is 21.7. The Morgan fingerprint density at radius 1 is 1.11 bits per heavy atom. The fourth-order valence-electron chi connectivity index (χ4n) is 6.26. The summed E-state index contributed by atoms with van der Waals surface area (Å²) in [6.07, 6.45) is -0.0108. The van der Waals surface area contributed by atoms with Gasteiger partial charge in [-0.15, -0.1) is 0 Å². The maximum Gasteiger partial charge on any atom is 0.333 e. The number of esters is 1. The summed E-state index contributed by atoms with van der Waals surface area (Å²) in [5, 5.41) is 21.3. The molecule has 4 aliphatic heterocycles. The molecule has 2 bridgehead atoms. The highest BCUT2D eigenvalue weighted by Crippen LogP contribution is 2.60. The Hall–Kier alpha value is -1.79. The third kappa shape index (κ3) is 4.88. The first-order chi connectivity index (χ1) is 16.8. The highest BCUT2D eigenvalue weighted by Gasteiger charge is 2.69. The minimum atomic E-state index is -1.63. The van der Waals surface area contributed by atoms with Gasteiger partial charge in [-0.05, 0) is 38.0 Å². The number of aliphatic hydroxyl groups excluding tert-OH is 1. The molecule has 5 rings (SSSR count). The van der Waals surface area contributed by atoms with E-state index < -0.39 is 53.3 Å². The molecular formula is C25H39NO10. The summed E-state index contributed by atoms with van der Waals surface area (Å²) in [6.45, 7) is 9.04. The van der Waals surface area contributed by atoms with Crippen molar-refractivity contribution >= 4 is 17.8 Å². The monoisotopic (exact) mass is 513 g/mol. The van der Waals surface area contributed by atoms with Crippen LogP contribution in [0.15, 0.2) is 0 Å². The lowest BCUT2D eigenvalue weighted by Gasteiger charge is -2.59. The van der Waals surface area contributed by atoms with Crippen molar-refractivity contribution in [2.45, 2.75) is 103 Å². The first-order valence-electron chi connectivity index (χ1n) is 12.9.